The number of aliphatic hydroxyl groups excluding tert-OH is 1. The molecule has 5 heteroatoms. The van der Waals surface area contributed by atoms with Crippen LogP contribution in [0.1, 0.15) is 29.8 Å². The molecule has 0 aliphatic carbocycles. The van der Waals surface area contributed by atoms with E-state index in [-0.39, 0.29) is 35.6 Å². The summed E-state index contributed by atoms with van der Waals surface area (Å²) < 4.78 is 18.3. The Balaban J connectivity index is 3.01. The normalized spacial score (nSPS) is 11.7. The molecule has 0 saturated carbocycles. The number of carbonyl (C=O) groups is 1. The SMILES string of the molecule is COCC(NC(=O)c1ccc(F)cc1C#CCO)C(C)C. The third-order valence-electron chi connectivity index (χ3n) is 3.00. The van der Waals surface area contributed by atoms with Crippen LogP contribution in [0.4, 0.5) is 4.39 Å². The van der Waals surface area contributed by atoms with Crippen LogP contribution in [0, 0.1) is 23.6 Å². The van der Waals surface area contributed by atoms with Crippen molar-refractivity contribution in [3.63, 3.8) is 0 Å². The third-order valence-corrected chi connectivity index (χ3v) is 3.00. The Kier molecular flexibility index (Phi) is 6.86. The monoisotopic (exact) mass is 293 g/mol. The van der Waals surface area contributed by atoms with Crippen LogP contribution < -0.4 is 5.32 Å². The highest BCUT2D eigenvalue weighted by atomic mass is 19.1. The standard InChI is InChI=1S/C16H20FNO3/c1-11(2)15(10-21-3)18-16(20)14-7-6-13(17)9-12(14)5-4-8-19/h6-7,9,11,15,19H,8,10H2,1-3H3,(H,18,20). The second-order valence-corrected chi connectivity index (χ2v) is 4.93. The van der Waals surface area contributed by atoms with E-state index >= 15 is 0 Å². The van der Waals surface area contributed by atoms with Gasteiger partial charge in [-0.3, -0.25) is 4.79 Å². The minimum atomic E-state index is -0.480. The van der Waals surface area contributed by atoms with Crippen molar-refractivity contribution in [2.75, 3.05) is 20.3 Å². The van der Waals surface area contributed by atoms with Crippen LogP contribution >= 0.6 is 0 Å². The number of methoxy groups -OCH3 is 1. The molecule has 0 fully saturated rings. The predicted molar refractivity (Wildman–Crippen MR) is 78.3 cm³/mol. The van der Waals surface area contributed by atoms with Crippen molar-refractivity contribution in [2.45, 2.75) is 19.9 Å². The Morgan fingerprint density at radius 1 is 1.48 bits per heavy atom. The molecule has 0 saturated heterocycles. The van der Waals surface area contributed by atoms with E-state index in [0.717, 1.165) is 0 Å². The van der Waals surface area contributed by atoms with E-state index in [0.29, 0.717) is 6.61 Å². The van der Waals surface area contributed by atoms with Gasteiger partial charge in [0, 0.05) is 12.7 Å². The van der Waals surface area contributed by atoms with Crippen molar-refractivity contribution >= 4 is 5.91 Å². The predicted octanol–water partition coefficient (Wildman–Crippen LogP) is 1.57. The molecule has 4 nitrogen and oxygen atoms in total. The molecule has 1 atom stereocenters. The molecule has 21 heavy (non-hydrogen) atoms. The second-order valence-electron chi connectivity index (χ2n) is 4.93. The van der Waals surface area contributed by atoms with Crippen LogP contribution in [-0.2, 0) is 4.74 Å². The van der Waals surface area contributed by atoms with Crippen LogP contribution in [0.3, 0.4) is 0 Å². The van der Waals surface area contributed by atoms with E-state index in [1.807, 2.05) is 13.8 Å². The lowest BCUT2D eigenvalue weighted by Crippen LogP contribution is -2.41. The molecule has 0 bridgehead atoms. The van der Waals surface area contributed by atoms with Crippen molar-refractivity contribution in [2.24, 2.45) is 5.92 Å². The third kappa shape index (κ3) is 5.18. The van der Waals surface area contributed by atoms with E-state index in [9.17, 15) is 9.18 Å². The van der Waals surface area contributed by atoms with Crippen molar-refractivity contribution in [3.05, 3.63) is 35.1 Å². The summed E-state index contributed by atoms with van der Waals surface area (Å²) >= 11 is 0. The van der Waals surface area contributed by atoms with E-state index in [1.165, 1.54) is 18.2 Å². The summed E-state index contributed by atoms with van der Waals surface area (Å²) in [6.07, 6.45) is 0. The van der Waals surface area contributed by atoms with Crippen LogP contribution in [0.15, 0.2) is 18.2 Å². The van der Waals surface area contributed by atoms with Crippen LogP contribution in [0.5, 0.6) is 0 Å². The first-order chi connectivity index (χ1) is 9.99. The average Bonchev–Trinajstić information content (AvgIpc) is 2.44. The molecule has 0 aliphatic rings. The zero-order valence-corrected chi connectivity index (χ0v) is 12.4. The maximum atomic E-state index is 13.3. The minimum Gasteiger partial charge on any atom is -0.384 e. The number of hydrogen-bond donors (Lipinski definition) is 2. The molecule has 1 rings (SSSR count). The highest BCUT2D eigenvalue weighted by Crippen LogP contribution is 2.12. The summed E-state index contributed by atoms with van der Waals surface area (Å²) in [5.74, 6) is 4.38. The molecule has 1 aromatic rings. The first-order valence-electron chi connectivity index (χ1n) is 6.68. The summed E-state index contributed by atoms with van der Waals surface area (Å²) in [5.41, 5.74) is 0.528. The maximum absolute atomic E-state index is 13.3. The molecule has 0 radical (unpaired) electrons. The second kappa shape index (κ2) is 8.40. The van der Waals surface area contributed by atoms with E-state index in [4.69, 9.17) is 9.84 Å². The number of ether oxygens (including phenoxy) is 1. The van der Waals surface area contributed by atoms with Crippen molar-refractivity contribution in [1.82, 2.24) is 5.32 Å². The quantitative estimate of drug-likeness (QED) is 0.810. The number of nitrogens with one attached hydrogen (secondary N) is 1. The topological polar surface area (TPSA) is 58.6 Å². The summed E-state index contributed by atoms with van der Waals surface area (Å²) in [6.45, 7) is 3.99. The Bertz CT molecular complexity index is 546. The first-order valence-corrected chi connectivity index (χ1v) is 6.68. The van der Waals surface area contributed by atoms with Gasteiger partial charge in [-0.1, -0.05) is 25.7 Å². The van der Waals surface area contributed by atoms with Gasteiger partial charge in [0.15, 0.2) is 0 Å². The molecular formula is C16H20FNO3. The fourth-order valence-corrected chi connectivity index (χ4v) is 1.78. The van der Waals surface area contributed by atoms with E-state index in [1.54, 1.807) is 7.11 Å². The number of aliphatic hydroxyl groups is 1. The van der Waals surface area contributed by atoms with Gasteiger partial charge < -0.3 is 15.2 Å². The van der Waals surface area contributed by atoms with Crippen LogP contribution in [0.2, 0.25) is 0 Å². The molecule has 0 spiro atoms. The first kappa shape index (κ1) is 17.2. The van der Waals surface area contributed by atoms with Gasteiger partial charge in [0.1, 0.15) is 12.4 Å². The van der Waals surface area contributed by atoms with Crippen molar-refractivity contribution in [3.8, 4) is 11.8 Å². The molecule has 1 amide bonds. The molecule has 1 unspecified atom stereocenters. The van der Waals surface area contributed by atoms with Crippen molar-refractivity contribution in [1.29, 1.82) is 0 Å². The number of hydrogen-bond acceptors (Lipinski definition) is 3. The van der Waals surface area contributed by atoms with Gasteiger partial charge in [0.25, 0.3) is 5.91 Å². The number of rotatable bonds is 5. The smallest absolute Gasteiger partial charge is 0.252 e. The van der Waals surface area contributed by atoms with Gasteiger partial charge in [-0.2, -0.15) is 0 Å². The molecule has 2 N–H and O–H groups in total. The molecule has 0 heterocycles. The Morgan fingerprint density at radius 3 is 2.76 bits per heavy atom. The number of carbonyl (C=O) groups excluding carboxylic acids is 1. The molecule has 114 valence electrons. The lowest BCUT2D eigenvalue weighted by atomic mass is 10.0. The van der Waals surface area contributed by atoms with Crippen molar-refractivity contribution < 1.29 is 19.0 Å². The van der Waals surface area contributed by atoms with E-state index in [2.05, 4.69) is 17.2 Å². The largest absolute Gasteiger partial charge is 0.384 e. The van der Waals surface area contributed by atoms with E-state index < -0.39 is 5.82 Å². The molecule has 0 aromatic heterocycles. The number of amides is 1. The summed E-state index contributed by atoms with van der Waals surface area (Å²) in [4.78, 5) is 12.3. The average molecular weight is 293 g/mol. The van der Waals surface area contributed by atoms with Gasteiger partial charge in [0.05, 0.1) is 18.2 Å². The van der Waals surface area contributed by atoms with Gasteiger partial charge in [-0.25, -0.2) is 4.39 Å². The molecule has 1 aromatic carbocycles. The molecular weight excluding hydrogens is 273 g/mol. The highest BCUT2D eigenvalue weighted by molar-refractivity contribution is 5.97. The number of halogens is 1. The van der Waals surface area contributed by atoms with Gasteiger partial charge in [-0.05, 0) is 24.1 Å². The Morgan fingerprint density at radius 2 is 2.19 bits per heavy atom. The molecule has 0 aliphatic heterocycles. The summed E-state index contributed by atoms with van der Waals surface area (Å²) in [5, 5.41) is 11.6. The maximum Gasteiger partial charge on any atom is 0.252 e. The Labute approximate surface area is 124 Å². The zero-order chi connectivity index (χ0) is 15.8. The minimum absolute atomic E-state index is 0.147. The fraction of sp³-hybridized carbons (Fsp3) is 0.438. The van der Waals surface area contributed by atoms with Gasteiger partial charge in [0.2, 0.25) is 0 Å². The summed E-state index contributed by atoms with van der Waals surface area (Å²) in [7, 11) is 1.57. The summed E-state index contributed by atoms with van der Waals surface area (Å²) in [6, 6.07) is 3.63. The van der Waals surface area contributed by atoms with Gasteiger partial charge >= 0.3 is 0 Å². The van der Waals surface area contributed by atoms with Crippen LogP contribution in [-0.4, -0.2) is 37.4 Å². The lowest BCUT2D eigenvalue weighted by Gasteiger charge is -2.21. The zero-order valence-electron chi connectivity index (χ0n) is 12.4. The lowest BCUT2D eigenvalue weighted by molar-refractivity contribution is 0.0866. The Hall–Kier alpha value is -1.90. The highest BCUT2D eigenvalue weighted by Gasteiger charge is 2.19. The fourth-order valence-electron chi connectivity index (χ4n) is 1.78. The van der Waals surface area contributed by atoms with Crippen LogP contribution in [0.25, 0.3) is 0 Å². The number of benzene rings is 1. The van der Waals surface area contributed by atoms with Gasteiger partial charge in [-0.15, -0.1) is 0 Å².